The molecule has 2 aliphatic rings. The third-order valence-electron chi connectivity index (χ3n) is 7.25. The number of fused-ring (bicyclic) bond motifs is 1. The van der Waals surface area contributed by atoms with Crippen LogP contribution in [0.15, 0.2) is 42.0 Å². The molecule has 0 radical (unpaired) electrons. The summed E-state index contributed by atoms with van der Waals surface area (Å²) in [7, 11) is 3.94. The number of amides is 1. The second kappa shape index (κ2) is 12.8. The van der Waals surface area contributed by atoms with Crippen LogP contribution in [0.3, 0.4) is 0 Å². The van der Waals surface area contributed by atoms with Crippen molar-refractivity contribution in [1.82, 2.24) is 9.80 Å². The lowest BCUT2D eigenvalue weighted by Crippen LogP contribution is -2.32. The van der Waals surface area contributed by atoms with Crippen LogP contribution in [0.1, 0.15) is 63.3 Å². The number of rotatable bonds is 12. The van der Waals surface area contributed by atoms with Crippen LogP contribution in [0.4, 0.5) is 0 Å². The zero-order valence-electron chi connectivity index (χ0n) is 24.5. The minimum atomic E-state index is -0.755. The molecule has 0 aromatic heterocycles. The number of Topliss-reactive ketones (excluding diaryl/α,β-unsaturated/α-hetero) is 1. The van der Waals surface area contributed by atoms with Crippen molar-refractivity contribution in [2.24, 2.45) is 5.92 Å². The van der Waals surface area contributed by atoms with Crippen LogP contribution in [-0.4, -0.2) is 73.1 Å². The van der Waals surface area contributed by atoms with Crippen molar-refractivity contribution in [1.29, 1.82) is 0 Å². The van der Waals surface area contributed by atoms with E-state index in [9.17, 15) is 14.7 Å². The standard InChI is InChI=1S/C32H42N2O6/c1-7-38-27-19-22(9-12-26(27)39-16-13-20(2)3)29-28(31(36)32(37)34(29)15-8-14-33(5)6)30(35)23-10-11-25-24(18-23)17-21(4)40-25/h9-12,18-21,29,35H,7-8,13-17H2,1-6H3/t21-,29-/m0/s1. The van der Waals surface area contributed by atoms with Gasteiger partial charge in [0.15, 0.2) is 11.5 Å². The normalized spacial score (nSPS) is 19.9. The van der Waals surface area contributed by atoms with Crippen molar-refractivity contribution in [2.45, 2.75) is 59.1 Å². The van der Waals surface area contributed by atoms with Crippen LogP contribution in [0.2, 0.25) is 0 Å². The number of ether oxygens (including phenoxy) is 3. The maximum Gasteiger partial charge on any atom is 0.295 e. The van der Waals surface area contributed by atoms with Crippen molar-refractivity contribution >= 4 is 17.4 Å². The summed E-state index contributed by atoms with van der Waals surface area (Å²) in [5.41, 5.74) is 2.22. The van der Waals surface area contributed by atoms with Gasteiger partial charge in [0.2, 0.25) is 0 Å². The molecular formula is C32H42N2O6. The van der Waals surface area contributed by atoms with Crippen LogP contribution in [-0.2, 0) is 16.0 Å². The highest BCUT2D eigenvalue weighted by Crippen LogP contribution is 2.43. The van der Waals surface area contributed by atoms with Crippen molar-refractivity contribution in [2.75, 3.05) is 40.4 Å². The van der Waals surface area contributed by atoms with E-state index in [4.69, 9.17) is 14.2 Å². The van der Waals surface area contributed by atoms with E-state index in [1.165, 1.54) is 0 Å². The Balaban J connectivity index is 1.77. The summed E-state index contributed by atoms with van der Waals surface area (Å²) in [6.07, 6.45) is 2.35. The Kier molecular flexibility index (Phi) is 9.40. The second-order valence-electron chi connectivity index (χ2n) is 11.3. The molecular weight excluding hydrogens is 508 g/mol. The number of hydrogen-bond donors (Lipinski definition) is 1. The van der Waals surface area contributed by atoms with Gasteiger partial charge in [-0.1, -0.05) is 19.9 Å². The van der Waals surface area contributed by atoms with E-state index in [1.54, 1.807) is 11.0 Å². The van der Waals surface area contributed by atoms with E-state index in [2.05, 4.69) is 13.8 Å². The summed E-state index contributed by atoms with van der Waals surface area (Å²) in [6, 6.07) is 10.2. The zero-order chi connectivity index (χ0) is 29.0. The molecule has 4 rings (SSSR count). The molecule has 0 spiro atoms. The molecule has 0 bridgehead atoms. The van der Waals surface area contributed by atoms with Crippen LogP contribution in [0.5, 0.6) is 17.2 Å². The Morgan fingerprint density at radius 1 is 1.12 bits per heavy atom. The van der Waals surface area contributed by atoms with Crippen molar-refractivity contribution in [3.05, 3.63) is 58.7 Å². The molecule has 1 amide bonds. The highest BCUT2D eigenvalue weighted by Gasteiger charge is 2.46. The minimum absolute atomic E-state index is 0.0490. The number of benzene rings is 2. The quantitative estimate of drug-likeness (QED) is 0.221. The molecule has 2 aromatic carbocycles. The number of ketones is 1. The SMILES string of the molecule is CCOc1cc([C@H]2C(=C(O)c3ccc4c(c3)C[C@H](C)O4)C(=O)C(=O)N2CCCN(C)C)ccc1OCCC(C)C. The van der Waals surface area contributed by atoms with Crippen molar-refractivity contribution < 1.29 is 28.9 Å². The molecule has 0 aliphatic carbocycles. The zero-order valence-corrected chi connectivity index (χ0v) is 24.5. The average Bonchev–Trinajstić information content (AvgIpc) is 3.39. The van der Waals surface area contributed by atoms with Crippen LogP contribution in [0, 0.1) is 5.92 Å². The Bertz CT molecular complexity index is 1270. The molecule has 0 unspecified atom stereocenters. The summed E-state index contributed by atoms with van der Waals surface area (Å²) in [5.74, 6) is 0.960. The van der Waals surface area contributed by atoms with Gasteiger partial charge in [-0.3, -0.25) is 9.59 Å². The minimum Gasteiger partial charge on any atom is -0.507 e. The summed E-state index contributed by atoms with van der Waals surface area (Å²) in [4.78, 5) is 30.5. The van der Waals surface area contributed by atoms with Gasteiger partial charge in [0.25, 0.3) is 11.7 Å². The molecule has 1 saturated heterocycles. The molecule has 1 fully saturated rings. The molecule has 216 valence electrons. The highest BCUT2D eigenvalue weighted by molar-refractivity contribution is 6.46. The topological polar surface area (TPSA) is 88.5 Å². The van der Waals surface area contributed by atoms with Crippen LogP contribution < -0.4 is 14.2 Å². The first-order valence-electron chi connectivity index (χ1n) is 14.2. The third-order valence-corrected chi connectivity index (χ3v) is 7.25. The molecule has 1 N–H and O–H groups in total. The molecule has 2 atom stereocenters. The molecule has 2 aromatic rings. The van der Waals surface area contributed by atoms with Gasteiger partial charge in [-0.2, -0.15) is 0 Å². The Morgan fingerprint density at radius 3 is 2.60 bits per heavy atom. The number of nitrogens with zero attached hydrogens (tertiary/aromatic N) is 2. The van der Waals surface area contributed by atoms with Gasteiger partial charge in [0.1, 0.15) is 17.6 Å². The van der Waals surface area contributed by atoms with Gasteiger partial charge >= 0.3 is 0 Å². The average molecular weight is 551 g/mol. The van der Waals surface area contributed by atoms with Gasteiger partial charge < -0.3 is 29.1 Å². The number of carbonyl (C=O) groups excluding carboxylic acids is 2. The Labute approximate surface area is 237 Å². The van der Waals surface area contributed by atoms with E-state index >= 15 is 0 Å². The Hall–Kier alpha value is -3.52. The summed E-state index contributed by atoms with van der Waals surface area (Å²) in [5, 5.41) is 11.5. The van der Waals surface area contributed by atoms with E-state index in [-0.39, 0.29) is 17.4 Å². The number of aliphatic hydroxyl groups excluding tert-OH is 1. The molecule has 0 saturated carbocycles. The van der Waals surface area contributed by atoms with Crippen LogP contribution >= 0.6 is 0 Å². The lowest BCUT2D eigenvalue weighted by Gasteiger charge is -2.26. The Morgan fingerprint density at radius 2 is 1.90 bits per heavy atom. The van der Waals surface area contributed by atoms with Gasteiger partial charge in [0.05, 0.1) is 24.8 Å². The fourth-order valence-electron chi connectivity index (χ4n) is 5.23. The van der Waals surface area contributed by atoms with E-state index in [1.807, 2.05) is 63.2 Å². The van der Waals surface area contributed by atoms with Gasteiger partial charge in [-0.15, -0.1) is 0 Å². The molecule has 40 heavy (non-hydrogen) atoms. The fraction of sp³-hybridized carbons (Fsp3) is 0.500. The van der Waals surface area contributed by atoms with Gasteiger partial charge in [-0.25, -0.2) is 0 Å². The van der Waals surface area contributed by atoms with Crippen molar-refractivity contribution in [3.63, 3.8) is 0 Å². The lowest BCUT2D eigenvalue weighted by molar-refractivity contribution is -0.139. The predicted molar refractivity (Wildman–Crippen MR) is 155 cm³/mol. The molecule has 2 heterocycles. The fourth-order valence-corrected chi connectivity index (χ4v) is 5.23. The monoisotopic (exact) mass is 550 g/mol. The first-order valence-corrected chi connectivity index (χ1v) is 14.2. The van der Waals surface area contributed by atoms with E-state index < -0.39 is 17.7 Å². The van der Waals surface area contributed by atoms with Crippen LogP contribution in [0.25, 0.3) is 5.76 Å². The molecule has 8 nitrogen and oxygen atoms in total. The third kappa shape index (κ3) is 6.44. The second-order valence-corrected chi connectivity index (χ2v) is 11.3. The largest absolute Gasteiger partial charge is 0.507 e. The van der Waals surface area contributed by atoms with Gasteiger partial charge in [-0.05, 0) is 94.7 Å². The smallest absolute Gasteiger partial charge is 0.295 e. The summed E-state index contributed by atoms with van der Waals surface area (Å²) >= 11 is 0. The summed E-state index contributed by atoms with van der Waals surface area (Å²) in [6.45, 7) is 10.3. The first kappa shape index (κ1) is 29.5. The maximum absolute atomic E-state index is 13.5. The van der Waals surface area contributed by atoms with E-state index in [0.29, 0.717) is 54.7 Å². The van der Waals surface area contributed by atoms with E-state index in [0.717, 1.165) is 30.7 Å². The lowest BCUT2D eigenvalue weighted by atomic mass is 9.94. The highest BCUT2D eigenvalue weighted by atomic mass is 16.5. The molecule has 2 aliphatic heterocycles. The number of aliphatic hydroxyl groups is 1. The predicted octanol–water partition coefficient (Wildman–Crippen LogP) is 5.21. The van der Waals surface area contributed by atoms with Gasteiger partial charge in [0, 0.05) is 18.5 Å². The summed E-state index contributed by atoms with van der Waals surface area (Å²) < 4.78 is 17.8. The maximum atomic E-state index is 13.5. The number of carbonyl (C=O) groups is 2. The van der Waals surface area contributed by atoms with Crippen molar-refractivity contribution in [3.8, 4) is 17.2 Å². The number of hydrogen-bond acceptors (Lipinski definition) is 7. The number of likely N-dealkylation sites (tertiary alicyclic amines) is 1. The first-order chi connectivity index (χ1) is 19.1. The molecule has 8 heteroatoms.